The summed E-state index contributed by atoms with van der Waals surface area (Å²) in [5.41, 5.74) is 7.93. The fourth-order valence-electron chi connectivity index (χ4n) is 0.763. The minimum atomic E-state index is -3.60. The summed E-state index contributed by atoms with van der Waals surface area (Å²) in [4.78, 5) is 2.47. The van der Waals surface area contributed by atoms with Crippen molar-refractivity contribution in [1.29, 1.82) is 5.26 Å². The second kappa shape index (κ2) is 6.21. The summed E-state index contributed by atoms with van der Waals surface area (Å²) in [7, 11) is -3.60. The van der Waals surface area contributed by atoms with Crippen LogP contribution in [0.3, 0.4) is 0 Å². The van der Waals surface area contributed by atoms with Crippen LogP contribution in [0.2, 0.25) is 0 Å². The number of azide groups is 1. The molecule has 0 saturated carbocycles. The first kappa shape index (κ1) is 12.7. The first-order valence-electron chi connectivity index (χ1n) is 3.97. The highest BCUT2D eigenvalue weighted by Crippen LogP contribution is 2.01. The van der Waals surface area contributed by atoms with E-state index in [-0.39, 0.29) is 19.5 Å². The van der Waals surface area contributed by atoms with Gasteiger partial charge in [0.1, 0.15) is 0 Å². The van der Waals surface area contributed by atoms with Crippen molar-refractivity contribution in [3.05, 3.63) is 10.4 Å². The van der Waals surface area contributed by atoms with Crippen LogP contribution in [0, 0.1) is 11.3 Å². The lowest BCUT2D eigenvalue weighted by Crippen LogP contribution is -2.34. The summed E-state index contributed by atoms with van der Waals surface area (Å²) in [6.07, 6.45) is 0.230. The molecule has 0 bridgehead atoms. The van der Waals surface area contributed by atoms with E-state index < -0.39 is 15.3 Å². The van der Waals surface area contributed by atoms with Crippen molar-refractivity contribution in [1.82, 2.24) is 4.72 Å². The van der Waals surface area contributed by atoms with Crippen LogP contribution in [0.1, 0.15) is 13.3 Å². The van der Waals surface area contributed by atoms with Crippen molar-refractivity contribution >= 4 is 10.0 Å². The van der Waals surface area contributed by atoms with Gasteiger partial charge in [-0.3, -0.25) is 0 Å². The molecule has 0 heterocycles. The monoisotopic (exact) mass is 217 g/mol. The van der Waals surface area contributed by atoms with Crippen molar-refractivity contribution in [2.45, 2.75) is 18.6 Å². The molecule has 8 heteroatoms. The minimum Gasteiger partial charge on any atom is -0.214 e. The molecule has 14 heavy (non-hydrogen) atoms. The number of hydrogen-bond donors (Lipinski definition) is 1. The second-order valence-electron chi connectivity index (χ2n) is 2.42. The molecule has 0 fully saturated rings. The fraction of sp³-hybridized carbons (Fsp3) is 0.833. The molecule has 0 aliphatic rings. The van der Waals surface area contributed by atoms with Gasteiger partial charge in [-0.15, -0.1) is 0 Å². The molecule has 0 aliphatic carbocycles. The highest BCUT2D eigenvalue weighted by molar-refractivity contribution is 7.90. The Bertz CT molecular complexity index is 351. The molecule has 7 nitrogen and oxygen atoms in total. The number of sulfonamides is 1. The van der Waals surface area contributed by atoms with E-state index >= 15 is 0 Å². The lowest BCUT2D eigenvalue weighted by Gasteiger charge is -2.08. The van der Waals surface area contributed by atoms with Gasteiger partial charge in [0.15, 0.2) is 5.25 Å². The van der Waals surface area contributed by atoms with Gasteiger partial charge < -0.3 is 0 Å². The molecule has 0 aromatic rings. The number of rotatable bonds is 6. The van der Waals surface area contributed by atoms with Crippen molar-refractivity contribution in [3.63, 3.8) is 0 Å². The van der Waals surface area contributed by atoms with E-state index in [9.17, 15) is 8.42 Å². The summed E-state index contributed by atoms with van der Waals surface area (Å²) in [6, 6.07) is 1.68. The van der Waals surface area contributed by atoms with Crippen LogP contribution in [0.4, 0.5) is 0 Å². The minimum absolute atomic E-state index is 0.0184. The number of nitrogens with one attached hydrogen (secondary N) is 1. The molecular formula is C6H11N5O2S. The molecule has 0 saturated heterocycles. The molecule has 0 aromatic heterocycles. The lowest BCUT2D eigenvalue weighted by molar-refractivity contribution is 0.573. The number of nitriles is 1. The molecule has 0 aromatic carbocycles. The topological polar surface area (TPSA) is 119 Å². The fourth-order valence-corrected chi connectivity index (χ4v) is 1.92. The van der Waals surface area contributed by atoms with Crippen LogP contribution in [0.5, 0.6) is 0 Å². The van der Waals surface area contributed by atoms with Crippen LogP contribution >= 0.6 is 0 Å². The first-order chi connectivity index (χ1) is 6.58. The number of hydrogen-bond acceptors (Lipinski definition) is 4. The molecule has 1 N–H and O–H groups in total. The van der Waals surface area contributed by atoms with E-state index in [0.29, 0.717) is 0 Å². The predicted molar refractivity (Wildman–Crippen MR) is 50.6 cm³/mol. The summed E-state index contributed by atoms with van der Waals surface area (Å²) in [5.74, 6) is 0. The summed E-state index contributed by atoms with van der Waals surface area (Å²) in [5, 5.41) is 10.6. The average Bonchev–Trinajstić information content (AvgIpc) is 2.14. The SMILES string of the molecule is CCC(C#N)S(=O)(=O)NCCN=[N+]=[N-]. The van der Waals surface area contributed by atoms with Crippen LogP contribution in [0.15, 0.2) is 5.11 Å². The van der Waals surface area contributed by atoms with Gasteiger partial charge in [0, 0.05) is 18.0 Å². The van der Waals surface area contributed by atoms with Crippen LogP contribution in [0.25, 0.3) is 10.4 Å². The van der Waals surface area contributed by atoms with Gasteiger partial charge in [0.05, 0.1) is 6.07 Å². The summed E-state index contributed by atoms with van der Waals surface area (Å²) >= 11 is 0. The predicted octanol–water partition coefficient (Wildman–Crippen LogP) is 0.518. The Labute approximate surface area is 82.4 Å². The van der Waals surface area contributed by atoms with Gasteiger partial charge >= 0.3 is 0 Å². The molecule has 0 amide bonds. The van der Waals surface area contributed by atoms with E-state index in [4.69, 9.17) is 10.8 Å². The second-order valence-corrected chi connectivity index (χ2v) is 4.37. The van der Waals surface area contributed by atoms with Gasteiger partial charge in [-0.05, 0) is 12.0 Å². The van der Waals surface area contributed by atoms with E-state index in [2.05, 4.69) is 14.7 Å². The van der Waals surface area contributed by atoms with Gasteiger partial charge in [0.2, 0.25) is 10.0 Å². The van der Waals surface area contributed by atoms with Crippen molar-refractivity contribution in [2.24, 2.45) is 5.11 Å². The Kier molecular flexibility index (Phi) is 5.64. The first-order valence-corrected chi connectivity index (χ1v) is 5.52. The highest BCUT2D eigenvalue weighted by Gasteiger charge is 2.21. The zero-order valence-corrected chi connectivity index (χ0v) is 8.53. The van der Waals surface area contributed by atoms with Crippen molar-refractivity contribution in [2.75, 3.05) is 13.1 Å². The van der Waals surface area contributed by atoms with Crippen molar-refractivity contribution in [3.8, 4) is 6.07 Å². The zero-order chi connectivity index (χ0) is 11.0. The molecule has 78 valence electrons. The third-order valence-electron chi connectivity index (χ3n) is 1.47. The molecular weight excluding hydrogens is 206 g/mol. The summed E-state index contributed by atoms with van der Waals surface area (Å²) < 4.78 is 24.8. The molecule has 0 spiro atoms. The Balaban J connectivity index is 4.22. The lowest BCUT2D eigenvalue weighted by atomic mass is 10.4. The third-order valence-corrected chi connectivity index (χ3v) is 3.26. The Morgan fingerprint density at radius 3 is 2.79 bits per heavy atom. The third kappa shape index (κ3) is 4.09. The molecule has 0 radical (unpaired) electrons. The maximum absolute atomic E-state index is 11.3. The van der Waals surface area contributed by atoms with E-state index in [0.717, 1.165) is 0 Å². The van der Waals surface area contributed by atoms with Crippen LogP contribution in [-0.2, 0) is 10.0 Å². The smallest absolute Gasteiger partial charge is 0.214 e. The number of nitrogens with zero attached hydrogens (tertiary/aromatic N) is 4. The van der Waals surface area contributed by atoms with Gasteiger partial charge in [-0.1, -0.05) is 12.0 Å². The molecule has 1 atom stereocenters. The maximum Gasteiger partial charge on any atom is 0.227 e. The van der Waals surface area contributed by atoms with E-state index in [1.165, 1.54) is 0 Å². The highest BCUT2D eigenvalue weighted by atomic mass is 32.2. The van der Waals surface area contributed by atoms with Gasteiger partial charge in [-0.2, -0.15) is 5.26 Å². The standard InChI is InChI=1S/C6H11N5O2S/c1-2-6(5-7)14(12,13)10-4-3-9-11-8/h6,10H,2-4H2,1H3. The van der Waals surface area contributed by atoms with Gasteiger partial charge in [0.25, 0.3) is 0 Å². The average molecular weight is 217 g/mol. The largest absolute Gasteiger partial charge is 0.227 e. The van der Waals surface area contributed by atoms with Crippen LogP contribution in [-0.4, -0.2) is 26.8 Å². The normalized spacial score (nSPS) is 12.6. The van der Waals surface area contributed by atoms with Crippen LogP contribution < -0.4 is 4.72 Å². The van der Waals surface area contributed by atoms with Gasteiger partial charge in [-0.25, -0.2) is 13.1 Å². The zero-order valence-electron chi connectivity index (χ0n) is 7.71. The molecule has 1 unspecified atom stereocenters. The Hall–Kier alpha value is -1.29. The molecule has 0 aliphatic heterocycles. The summed E-state index contributed by atoms with van der Waals surface area (Å²) in [6.45, 7) is 1.67. The quantitative estimate of drug-likeness (QED) is 0.302. The Morgan fingerprint density at radius 1 is 1.71 bits per heavy atom. The molecule has 0 rings (SSSR count). The maximum atomic E-state index is 11.3. The van der Waals surface area contributed by atoms with E-state index in [1.54, 1.807) is 13.0 Å². The van der Waals surface area contributed by atoms with E-state index in [1.807, 2.05) is 0 Å². The van der Waals surface area contributed by atoms with Crippen molar-refractivity contribution < 1.29 is 8.42 Å². The Morgan fingerprint density at radius 2 is 2.36 bits per heavy atom.